The summed E-state index contributed by atoms with van der Waals surface area (Å²) in [4.78, 5) is 56.7. The summed E-state index contributed by atoms with van der Waals surface area (Å²) in [5.41, 5.74) is 0.969. The van der Waals surface area contributed by atoms with Crippen LogP contribution in [0, 0.1) is 0 Å². The number of esters is 2. The lowest BCUT2D eigenvalue weighted by molar-refractivity contribution is -0.143. The number of carbonyl (C=O) groups is 4. The number of ether oxygens (including phenoxy) is 2. The zero-order valence-corrected chi connectivity index (χ0v) is 20.2. The van der Waals surface area contributed by atoms with Gasteiger partial charge in [-0.05, 0) is 25.1 Å². The first-order valence-electron chi connectivity index (χ1n) is 9.63. The number of thiazole rings is 2. The van der Waals surface area contributed by atoms with Crippen LogP contribution in [0.3, 0.4) is 0 Å². The van der Waals surface area contributed by atoms with Crippen molar-refractivity contribution in [1.29, 1.82) is 0 Å². The summed E-state index contributed by atoms with van der Waals surface area (Å²) < 4.78 is 12.0. The maximum absolute atomic E-state index is 12.4. The highest BCUT2D eigenvalue weighted by Gasteiger charge is 2.15. The molecule has 0 fully saturated rings. The van der Waals surface area contributed by atoms with Gasteiger partial charge in [-0.2, -0.15) is 4.99 Å². The van der Waals surface area contributed by atoms with E-state index in [4.69, 9.17) is 9.47 Å². The number of carbonyl (C=O) groups excluding carboxylic acids is 4. The molecule has 0 atom stereocenters. The highest BCUT2D eigenvalue weighted by molar-refractivity contribution is 8.00. The number of amides is 2. The van der Waals surface area contributed by atoms with Crippen LogP contribution in [-0.4, -0.2) is 58.5 Å². The Morgan fingerprint density at radius 2 is 2.06 bits per heavy atom. The van der Waals surface area contributed by atoms with Crippen molar-refractivity contribution in [2.75, 3.05) is 30.5 Å². The summed E-state index contributed by atoms with van der Waals surface area (Å²) in [6.45, 7) is 1.79. The molecule has 0 spiro atoms. The van der Waals surface area contributed by atoms with Crippen molar-refractivity contribution >= 4 is 73.5 Å². The summed E-state index contributed by atoms with van der Waals surface area (Å²) in [6.07, 6.45) is 1.58. The fourth-order valence-electron chi connectivity index (χ4n) is 2.70. The first-order chi connectivity index (χ1) is 15.9. The number of hydrogen-bond donors (Lipinski definition) is 1. The molecule has 1 N–H and O–H groups in total. The third-order valence-corrected chi connectivity index (χ3v) is 6.70. The van der Waals surface area contributed by atoms with E-state index in [-0.39, 0.29) is 35.4 Å². The summed E-state index contributed by atoms with van der Waals surface area (Å²) in [7, 11) is 1.29. The minimum Gasteiger partial charge on any atom is -0.465 e. The Balaban J connectivity index is 1.78. The Bertz CT molecular complexity index is 1230. The van der Waals surface area contributed by atoms with Crippen molar-refractivity contribution in [2.24, 2.45) is 4.99 Å². The van der Waals surface area contributed by atoms with Crippen LogP contribution in [0.25, 0.3) is 10.2 Å². The average Bonchev–Trinajstić information content (AvgIpc) is 3.41. The van der Waals surface area contributed by atoms with Gasteiger partial charge in [-0.15, -0.1) is 23.1 Å². The van der Waals surface area contributed by atoms with Gasteiger partial charge < -0.3 is 19.4 Å². The lowest BCUT2D eigenvalue weighted by Gasteiger charge is -2.05. The Morgan fingerprint density at radius 1 is 1.24 bits per heavy atom. The number of nitrogens with one attached hydrogen (secondary N) is 1. The van der Waals surface area contributed by atoms with Crippen molar-refractivity contribution in [3.63, 3.8) is 0 Å². The molecule has 10 nitrogen and oxygen atoms in total. The van der Waals surface area contributed by atoms with Crippen molar-refractivity contribution in [3.8, 4) is 0 Å². The normalized spacial score (nSPS) is 11.4. The van der Waals surface area contributed by atoms with Gasteiger partial charge in [0.15, 0.2) is 9.93 Å². The van der Waals surface area contributed by atoms with Gasteiger partial charge in [-0.1, -0.05) is 11.3 Å². The van der Waals surface area contributed by atoms with Crippen LogP contribution in [0.4, 0.5) is 5.13 Å². The molecule has 2 aromatic heterocycles. The minimum atomic E-state index is -0.496. The molecule has 0 saturated carbocycles. The molecule has 13 heteroatoms. The molecular weight excluding hydrogens is 488 g/mol. The van der Waals surface area contributed by atoms with Crippen LogP contribution in [0.1, 0.15) is 17.3 Å². The molecular formula is C20H20N4O6S3. The Kier molecular flexibility index (Phi) is 8.74. The van der Waals surface area contributed by atoms with Gasteiger partial charge in [-0.3, -0.25) is 14.4 Å². The molecule has 0 aliphatic heterocycles. The van der Waals surface area contributed by atoms with E-state index in [1.54, 1.807) is 41.3 Å². The topological polar surface area (TPSA) is 129 Å². The molecule has 3 rings (SSSR count). The Hall–Kier alpha value is -3.03. The third-order valence-electron chi connectivity index (χ3n) is 4.05. The van der Waals surface area contributed by atoms with E-state index >= 15 is 0 Å². The van der Waals surface area contributed by atoms with Crippen LogP contribution < -0.4 is 10.1 Å². The van der Waals surface area contributed by atoms with Crippen LogP contribution in [0.15, 0.2) is 34.8 Å². The van der Waals surface area contributed by atoms with Gasteiger partial charge in [-0.25, -0.2) is 9.78 Å². The second-order valence-corrected chi connectivity index (χ2v) is 9.22. The first-order valence-corrected chi connectivity index (χ1v) is 12.5. The zero-order valence-electron chi connectivity index (χ0n) is 17.7. The molecule has 0 bridgehead atoms. The number of aromatic nitrogens is 2. The summed E-state index contributed by atoms with van der Waals surface area (Å²) in [5.74, 6) is -1.65. The lowest BCUT2D eigenvalue weighted by atomic mass is 10.2. The highest BCUT2D eigenvalue weighted by Crippen LogP contribution is 2.20. The molecule has 33 heavy (non-hydrogen) atoms. The first kappa shape index (κ1) is 24.6. The SMILES string of the molecule is CCOC(=O)Cn1c(=NC(=O)CSCC(=O)Nc2nccs2)sc2cc(C(=O)OC)ccc21. The van der Waals surface area contributed by atoms with E-state index in [0.29, 0.717) is 20.9 Å². The standard InChI is InChI=1S/C20H20N4O6S3/c1-3-30-17(27)9-24-13-5-4-12(18(28)29-2)8-14(13)33-20(24)23-16(26)11-31-10-15(25)22-19-21-6-7-32-19/h4-8H,3,9-11H2,1-2H3,(H,21,22,25). The second kappa shape index (κ2) is 11.7. The number of nitrogens with zero attached hydrogens (tertiary/aromatic N) is 3. The quantitative estimate of drug-likeness (QED) is 0.436. The molecule has 174 valence electrons. The number of hydrogen-bond acceptors (Lipinski definition) is 10. The Labute approximate surface area is 200 Å². The molecule has 0 radical (unpaired) electrons. The van der Waals surface area contributed by atoms with Crippen molar-refractivity contribution < 1.29 is 28.7 Å². The van der Waals surface area contributed by atoms with E-state index < -0.39 is 17.8 Å². The highest BCUT2D eigenvalue weighted by atomic mass is 32.2. The fraction of sp³-hybridized carbons (Fsp3) is 0.300. The molecule has 0 unspecified atom stereocenters. The van der Waals surface area contributed by atoms with E-state index in [2.05, 4.69) is 15.3 Å². The van der Waals surface area contributed by atoms with E-state index in [1.165, 1.54) is 18.4 Å². The maximum atomic E-state index is 12.4. The van der Waals surface area contributed by atoms with E-state index in [9.17, 15) is 19.2 Å². The van der Waals surface area contributed by atoms with Gasteiger partial charge >= 0.3 is 11.9 Å². The van der Waals surface area contributed by atoms with Crippen LogP contribution in [0.5, 0.6) is 0 Å². The van der Waals surface area contributed by atoms with E-state index in [0.717, 1.165) is 23.1 Å². The summed E-state index contributed by atoms with van der Waals surface area (Å²) in [6, 6.07) is 4.86. The number of fused-ring (bicyclic) bond motifs is 1. The number of thioether (sulfide) groups is 1. The van der Waals surface area contributed by atoms with Gasteiger partial charge in [0.25, 0.3) is 5.91 Å². The largest absolute Gasteiger partial charge is 0.465 e. The summed E-state index contributed by atoms with van der Waals surface area (Å²) in [5, 5.41) is 4.88. The average molecular weight is 509 g/mol. The van der Waals surface area contributed by atoms with Gasteiger partial charge in [0.2, 0.25) is 5.91 Å². The number of benzene rings is 1. The molecule has 2 amide bonds. The molecule has 0 aliphatic carbocycles. The van der Waals surface area contributed by atoms with Crippen LogP contribution in [0.2, 0.25) is 0 Å². The predicted octanol–water partition coefficient (Wildman–Crippen LogP) is 2.31. The number of methoxy groups -OCH3 is 1. The summed E-state index contributed by atoms with van der Waals surface area (Å²) >= 11 is 3.58. The monoisotopic (exact) mass is 508 g/mol. The van der Waals surface area contributed by atoms with Gasteiger partial charge in [0, 0.05) is 11.6 Å². The molecule has 2 heterocycles. The molecule has 3 aromatic rings. The molecule has 1 aromatic carbocycles. The number of rotatable bonds is 9. The smallest absolute Gasteiger partial charge is 0.337 e. The minimum absolute atomic E-state index is 0.0215. The maximum Gasteiger partial charge on any atom is 0.337 e. The van der Waals surface area contributed by atoms with Crippen LogP contribution >= 0.6 is 34.4 Å². The van der Waals surface area contributed by atoms with Crippen molar-refractivity contribution in [1.82, 2.24) is 9.55 Å². The zero-order chi connectivity index (χ0) is 23.8. The lowest BCUT2D eigenvalue weighted by Crippen LogP contribution is -2.23. The third kappa shape index (κ3) is 6.73. The molecule has 0 saturated heterocycles. The fourth-order valence-corrected chi connectivity index (χ4v) is 4.93. The second-order valence-electron chi connectivity index (χ2n) is 6.33. The van der Waals surface area contributed by atoms with Gasteiger partial charge in [0.05, 0.1) is 41.0 Å². The van der Waals surface area contributed by atoms with Crippen molar-refractivity contribution in [2.45, 2.75) is 13.5 Å². The van der Waals surface area contributed by atoms with Crippen molar-refractivity contribution in [3.05, 3.63) is 40.1 Å². The molecule has 0 aliphatic rings. The van der Waals surface area contributed by atoms with E-state index in [1.807, 2.05) is 0 Å². The Morgan fingerprint density at radius 3 is 2.76 bits per heavy atom. The van der Waals surface area contributed by atoms with Gasteiger partial charge in [0.1, 0.15) is 6.54 Å². The predicted molar refractivity (Wildman–Crippen MR) is 126 cm³/mol. The number of anilines is 1. The van der Waals surface area contributed by atoms with Crippen LogP contribution in [-0.2, 0) is 30.4 Å².